The number of likely N-dealkylation sites (tertiary alicyclic amines) is 1. The van der Waals surface area contributed by atoms with Crippen molar-refractivity contribution >= 4 is 71.2 Å². The number of nitrogens with one attached hydrogen (secondary N) is 6. The third-order valence-electron chi connectivity index (χ3n) is 10.4. The van der Waals surface area contributed by atoms with Crippen LogP contribution in [0, 0.1) is 5.92 Å². The van der Waals surface area contributed by atoms with Gasteiger partial charge in [-0.2, -0.15) is 0 Å². The number of carbonyl (C=O) groups is 12. The zero-order chi connectivity index (χ0) is 51.2. The number of carboxylic acids is 5. The average molecular weight is 964 g/mol. The number of hydrogen-bond donors (Lipinski definition) is 13. The van der Waals surface area contributed by atoms with Crippen molar-refractivity contribution in [1.82, 2.24) is 36.8 Å². The molecule has 26 heteroatoms. The first-order valence-corrected chi connectivity index (χ1v) is 21.7. The molecule has 0 aliphatic carbocycles. The third kappa shape index (κ3) is 19.7. The Labute approximate surface area is 389 Å². The summed E-state index contributed by atoms with van der Waals surface area (Å²) >= 11 is 0. The minimum Gasteiger partial charge on any atom is -0.481 e. The maximum absolute atomic E-state index is 13.8. The summed E-state index contributed by atoms with van der Waals surface area (Å²) in [5, 5.41) is 60.4. The van der Waals surface area contributed by atoms with E-state index in [1.807, 2.05) is 16.0 Å². The molecule has 1 aliphatic heterocycles. The Balaban J connectivity index is 2.30. The van der Waals surface area contributed by atoms with Crippen molar-refractivity contribution < 1.29 is 83.1 Å². The van der Waals surface area contributed by atoms with Gasteiger partial charge in [0.25, 0.3) is 0 Å². The van der Waals surface area contributed by atoms with Crippen LogP contribution in [0.4, 0.5) is 0 Å². The molecule has 0 aromatic heterocycles. The molecule has 1 heterocycles. The molecule has 1 saturated heterocycles. The third-order valence-corrected chi connectivity index (χ3v) is 10.4. The number of carboxylic acid groups (broad SMARTS) is 5. The van der Waals surface area contributed by atoms with Crippen molar-refractivity contribution in [3.63, 3.8) is 0 Å². The van der Waals surface area contributed by atoms with E-state index in [9.17, 15) is 83.1 Å². The van der Waals surface area contributed by atoms with Gasteiger partial charge >= 0.3 is 29.8 Å². The van der Waals surface area contributed by atoms with Gasteiger partial charge in [0.15, 0.2) is 0 Å². The molecule has 376 valence electrons. The Morgan fingerprint density at radius 2 is 1.01 bits per heavy atom. The van der Waals surface area contributed by atoms with Crippen LogP contribution in [0.2, 0.25) is 0 Å². The van der Waals surface area contributed by atoms with Crippen LogP contribution < -0.4 is 43.4 Å². The summed E-state index contributed by atoms with van der Waals surface area (Å²) in [6.45, 7) is 3.78. The van der Waals surface area contributed by atoms with Crippen LogP contribution in [0.3, 0.4) is 0 Å². The van der Waals surface area contributed by atoms with Crippen molar-refractivity contribution in [3.05, 3.63) is 35.9 Å². The predicted octanol–water partition coefficient (Wildman–Crippen LogP) is -3.39. The average Bonchev–Trinajstić information content (AvgIpc) is 3.74. The van der Waals surface area contributed by atoms with Crippen molar-refractivity contribution in [1.29, 1.82) is 0 Å². The molecule has 1 aromatic carbocycles. The zero-order valence-corrected chi connectivity index (χ0v) is 37.5. The topological polar surface area (TPSA) is 433 Å². The van der Waals surface area contributed by atoms with E-state index in [-0.39, 0.29) is 51.1 Å². The number of amides is 7. The predicted molar refractivity (Wildman–Crippen MR) is 233 cm³/mol. The van der Waals surface area contributed by atoms with Crippen LogP contribution in [0.25, 0.3) is 0 Å². The molecular weight excluding hydrogens is 903 g/mol. The fraction of sp³-hybridized carbons (Fsp3) is 0.571. The van der Waals surface area contributed by atoms with Gasteiger partial charge in [0.05, 0.1) is 31.7 Å². The summed E-state index contributed by atoms with van der Waals surface area (Å²) in [6.07, 6.45) is -3.59. The van der Waals surface area contributed by atoms with Crippen molar-refractivity contribution in [2.24, 2.45) is 17.4 Å². The highest BCUT2D eigenvalue weighted by molar-refractivity contribution is 6.00. The maximum atomic E-state index is 13.8. The lowest BCUT2D eigenvalue weighted by Crippen LogP contribution is -2.60. The summed E-state index contributed by atoms with van der Waals surface area (Å²) in [4.78, 5) is 154. The van der Waals surface area contributed by atoms with Gasteiger partial charge < -0.3 is 73.8 Å². The standard InChI is InChI=1S/C42H61N9O17/c1-21(2)15-25(50-40(65)30-12-8-14-51(30)41(66)23(44)16-22-9-4-3-5-10-22)35(60)46-27(18-32(54)55)37(62)48-29(20-34(58)59)39(64)49-28(19-33(56)57)38(63)47-26(17-31(52)53)36(61)45-24(42(67)68)11-6-7-13-43/h3-5,9-10,21,23-30H,6-8,11-20,43-44H2,1-2H3,(H,45,61)(H,46,60)(H,47,63)(H,48,62)(H,49,64)(H,50,65)(H,52,53)(H,54,55)(H,56,57)(H,58,59)(H,67,68). The molecule has 0 saturated carbocycles. The largest absolute Gasteiger partial charge is 0.481 e. The van der Waals surface area contributed by atoms with E-state index in [0.717, 1.165) is 5.56 Å². The Morgan fingerprint density at radius 1 is 0.603 bits per heavy atom. The van der Waals surface area contributed by atoms with Gasteiger partial charge in [-0.25, -0.2) is 4.79 Å². The lowest BCUT2D eigenvalue weighted by Gasteiger charge is -2.29. The molecule has 1 aliphatic rings. The summed E-state index contributed by atoms with van der Waals surface area (Å²) in [5.41, 5.74) is 12.4. The molecule has 1 fully saturated rings. The van der Waals surface area contributed by atoms with E-state index in [1.165, 1.54) is 4.90 Å². The fourth-order valence-electron chi connectivity index (χ4n) is 7.09. The Bertz CT molecular complexity index is 2000. The van der Waals surface area contributed by atoms with Crippen LogP contribution in [0.1, 0.15) is 83.6 Å². The Hall–Kier alpha value is -7.22. The second-order valence-corrected chi connectivity index (χ2v) is 16.5. The van der Waals surface area contributed by atoms with Gasteiger partial charge in [0, 0.05) is 6.54 Å². The van der Waals surface area contributed by atoms with Crippen LogP contribution >= 0.6 is 0 Å². The maximum Gasteiger partial charge on any atom is 0.326 e. The van der Waals surface area contributed by atoms with Gasteiger partial charge in [-0.3, -0.25) is 52.7 Å². The molecule has 68 heavy (non-hydrogen) atoms. The van der Waals surface area contributed by atoms with Gasteiger partial charge in [-0.15, -0.1) is 0 Å². The molecule has 0 bridgehead atoms. The van der Waals surface area contributed by atoms with E-state index in [0.29, 0.717) is 12.8 Å². The molecule has 26 nitrogen and oxygen atoms in total. The van der Waals surface area contributed by atoms with Crippen molar-refractivity contribution in [2.45, 2.75) is 133 Å². The number of hydrogen-bond acceptors (Lipinski definition) is 14. The zero-order valence-electron chi connectivity index (χ0n) is 37.5. The highest BCUT2D eigenvalue weighted by Crippen LogP contribution is 2.20. The number of unbranched alkanes of at least 4 members (excludes halogenated alkanes) is 1. The van der Waals surface area contributed by atoms with Crippen LogP contribution in [-0.2, 0) is 64.0 Å². The molecule has 2 rings (SSSR count). The van der Waals surface area contributed by atoms with E-state index >= 15 is 0 Å². The lowest BCUT2D eigenvalue weighted by atomic mass is 10.0. The number of benzene rings is 1. The smallest absolute Gasteiger partial charge is 0.326 e. The molecule has 15 N–H and O–H groups in total. The SMILES string of the molecule is CC(C)CC(NC(=O)C1CCCN1C(=O)C(N)Cc1ccccc1)C(=O)NC(CC(=O)O)C(=O)NC(CC(=O)O)C(=O)NC(CC(=O)O)C(=O)NC(CC(=O)O)C(=O)NC(CCCCN)C(=O)O. The first-order valence-electron chi connectivity index (χ1n) is 21.7. The fourth-order valence-corrected chi connectivity index (χ4v) is 7.09. The monoisotopic (exact) mass is 963 g/mol. The van der Waals surface area contributed by atoms with Gasteiger partial charge in [0.2, 0.25) is 41.4 Å². The lowest BCUT2D eigenvalue weighted by molar-refractivity contribution is -0.145. The van der Waals surface area contributed by atoms with Crippen molar-refractivity contribution in [2.75, 3.05) is 13.1 Å². The molecule has 7 amide bonds. The number of carbonyl (C=O) groups excluding carboxylic acids is 7. The number of aliphatic carboxylic acids is 5. The second-order valence-electron chi connectivity index (χ2n) is 16.5. The van der Waals surface area contributed by atoms with Crippen molar-refractivity contribution in [3.8, 4) is 0 Å². The molecule has 0 spiro atoms. The minimum absolute atomic E-state index is 0.0613. The van der Waals surface area contributed by atoms with Gasteiger partial charge in [-0.1, -0.05) is 44.2 Å². The van der Waals surface area contributed by atoms with E-state index in [2.05, 4.69) is 16.0 Å². The summed E-state index contributed by atoms with van der Waals surface area (Å²) in [7, 11) is 0. The highest BCUT2D eigenvalue weighted by Gasteiger charge is 2.39. The number of rotatable bonds is 30. The Kier molecular flexibility index (Phi) is 23.5. The molecule has 8 unspecified atom stereocenters. The van der Waals surface area contributed by atoms with Gasteiger partial charge in [0.1, 0.15) is 42.3 Å². The first kappa shape index (κ1) is 56.9. The van der Waals surface area contributed by atoms with Crippen LogP contribution in [0.5, 0.6) is 0 Å². The number of nitrogens with zero attached hydrogens (tertiary/aromatic N) is 1. The van der Waals surface area contributed by atoms with E-state index in [4.69, 9.17) is 11.5 Å². The van der Waals surface area contributed by atoms with E-state index in [1.54, 1.807) is 44.2 Å². The van der Waals surface area contributed by atoms with E-state index < -0.39 is 145 Å². The molecule has 1 aromatic rings. The summed E-state index contributed by atoms with van der Waals surface area (Å²) < 4.78 is 0. The highest BCUT2D eigenvalue weighted by atomic mass is 16.4. The first-order chi connectivity index (χ1) is 31.9. The Morgan fingerprint density at radius 3 is 1.40 bits per heavy atom. The normalized spacial score (nSPS) is 16.3. The molecule has 0 radical (unpaired) electrons. The summed E-state index contributed by atoms with van der Waals surface area (Å²) in [6, 6.07) is -4.55. The van der Waals surface area contributed by atoms with Gasteiger partial charge in [-0.05, 0) is 63.0 Å². The molecule has 8 atom stereocenters. The quantitative estimate of drug-likeness (QED) is 0.0334. The van der Waals surface area contributed by atoms with Crippen LogP contribution in [-0.4, -0.2) is 163 Å². The van der Waals surface area contributed by atoms with Crippen LogP contribution in [0.15, 0.2) is 30.3 Å². The summed E-state index contributed by atoms with van der Waals surface area (Å²) in [5.74, 6) is -16.8. The molecular formula is C42H61N9O17. The number of nitrogens with two attached hydrogens (primary N) is 2. The second kappa shape index (κ2) is 28.1. The minimum atomic E-state index is -2.20.